The topological polar surface area (TPSA) is 46.5 Å². The number of hydrogen-bond donors (Lipinski definition) is 0. The number of hydrogen-bond acceptors (Lipinski definition) is 2. The molecular weight excluding hydrogens is 681 g/mol. The van der Waals surface area contributed by atoms with Crippen molar-refractivity contribution in [1.29, 1.82) is 5.26 Å². The fourth-order valence-electron chi connectivity index (χ4n) is 8.85. The number of nitriles is 1. The van der Waals surface area contributed by atoms with E-state index in [2.05, 4.69) is 187 Å². The van der Waals surface area contributed by atoms with Gasteiger partial charge in [-0.2, -0.15) is 5.26 Å². The molecule has 4 heteroatoms. The van der Waals surface area contributed by atoms with E-state index in [1.165, 1.54) is 33.4 Å². The predicted octanol–water partition coefficient (Wildman–Crippen LogP) is 13.4. The first kappa shape index (κ1) is 33.4. The lowest BCUT2D eigenvalue weighted by atomic mass is 9.97. The number of para-hydroxylation sites is 2. The molecule has 266 valence electrons. The zero-order valence-corrected chi connectivity index (χ0v) is 31.8. The van der Waals surface area contributed by atoms with Gasteiger partial charge in [0.1, 0.15) is 11.6 Å². The van der Waals surface area contributed by atoms with Gasteiger partial charge >= 0.3 is 0 Å². The second kappa shape index (κ2) is 13.0. The molecule has 7 aromatic carbocycles. The second-order valence-electron chi connectivity index (χ2n) is 15.0. The Morgan fingerprint density at radius 3 is 1.41 bits per heavy atom. The molecule has 0 spiro atoms. The number of rotatable bonds is 5. The fraction of sp³-hybridized carbons (Fsp3) is 0.0769. The van der Waals surface area contributed by atoms with Crippen LogP contribution in [0.2, 0.25) is 0 Å². The van der Waals surface area contributed by atoms with E-state index in [-0.39, 0.29) is 0 Å². The molecule has 0 radical (unpaired) electrons. The fourth-order valence-corrected chi connectivity index (χ4v) is 8.85. The van der Waals surface area contributed by atoms with Gasteiger partial charge in [-0.15, -0.1) is 0 Å². The molecular formula is C52H38N4. The van der Waals surface area contributed by atoms with Crippen molar-refractivity contribution in [3.63, 3.8) is 0 Å². The second-order valence-corrected chi connectivity index (χ2v) is 15.0. The van der Waals surface area contributed by atoms with Crippen LogP contribution >= 0.6 is 0 Å². The van der Waals surface area contributed by atoms with E-state index in [0.717, 1.165) is 77.2 Å². The number of fused-ring (bicyclic) bond motifs is 6. The van der Waals surface area contributed by atoms with E-state index in [1.54, 1.807) is 6.20 Å². The lowest BCUT2D eigenvalue weighted by Gasteiger charge is -2.19. The number of aromatic nitrogens is 3. The minimum absolute atomic E-state index is 0.594. The van der Waals surface area contributed by atoms with Crippen molar-refractivity contribution < 1.29 is 0 Å². The van der Waals surface area contributed by atoms with Crippen LogP contribution in [-0.2, 0) is 0 Å². The summed E-state index contributed by atoms with van der Waals surface area (Å²) >= 11 is 0. The Morgan fingerprint density at radius 1 is 0.446 bits per heavy atom. The van der Waals surface area contributed by atoms with E-state index in [9.17, 15) is 5.26 Å². The molecule has 0 fully saturated rings. The molecule has 56 heavy (non-hydrogen) atoms. The summed E-state index contributed by atoms with van der Waals surface area (Å²) in [6.45, 7) is 8.62. The third kappa shape index (κ3) is 5.24. The van der Waals surface area contributed by atoms with Crippen molar-refractivity contribution in [2.24, 2.45) is 0 Å². The van der Waals surface area contributed by atoms with Crippen LogP contribution in [0, 0.1) is 39.0 Å². The van der Waals surface area contributed by atoms with Crippen LogP contribution in [0.4, 0.5) is 0 Å². The van der Waals surface area contributed by atoms with Crippen LogP contribution in [0.1, 0.15) is 27.8 Å². The summed E-state index contributed by atoms with van der Waals surface area (Å²) in [5, 5.41) is 16.0. The highest BCUT2D eigenvalue weighted by Crippen LogP contribution is 2.42. The van der Waals surface area contributed by atoms with Crippen LogP contribution in [-0.4, -0.2) is 14.1 Å². The molecule has 10 aromatic rings. The first-order valence-electron chi connectivity index (χ1n) is 19.1. The standard InChI is InChI=1S/C52H38N4/c1-32-15-19-40(34(3)24-32)36-17-21-44-42-11-5-7-13-47(42)55(49(44)26-36)51-28-39(38-10-9-23-54-31-38)29-52(46(51)30-53)56-48-14-8-6-12-43(48)45-22-18-37(27-50(45)56)41-20-16-33(2)25-35(41)4/h5-29,31H,1-4H3. The molecule has 0 N–H and O–H groups in total. The zero-order chi connectivity index (χ0) is 38.1. The van der Waals surface area contributed by atoms with Crippen LogP contribution in [0.3, 0.4) is 0 Å². The van der Waals surface area contributed by atoms with Gasteiger partial charge in [0.05, 0.1) is 33.4 Å². The quantitative estimate of drug-likeness (QED) is 0.178. The van der Waals surface area contributed by atoms with E-state index in [4.69, 9.17) is 0 Å². The normalized spacial score (nSPS) is 11.6. The molecule has 0 aliphatic heterocycles. The van der Waals surface area contributed by atoms with E-state index in [0.29, 0.717) is 5.56 Å². The Bertz CT molecular complexity index is 3050. The minimum Gasteiger partial charge on any atom is -0.308 e. The van der Waals surface area contributed by atoms with Gasteiger partial charge in [0.2, 0.25) is 0 Å². The van der Waals surface area contributed by atoms with Gasteiger partial charge in [-0.05, 0) is 109 Å². The van der Waals surface area contributed by atoms with Gasteiger partial charge in [0, 0.05) is 39.5 Å². The van der Waals surface area contributed by atoms with Gasteiger partial charge in [-0.1, -0.05) is 114 Å². The lowest BCUT2D eigenvalue weighted by Crippen LogP contribution is -2.05. The van der Waals surface area contributed by atoms with E-state index in [1.807, 2.05) is 12.3 Å². The third-order valence-electron chi connectivity index (χ3n) is 11.4. The summed E-state index contributed by atoms with van der Waals surface area (Å²) in [6.07, 6.45) is 3.71. The Morgan fingerprint density at radius 2 is 0.946 bits per heavy atom. The molecule has 0 aliphatic carbocycles. The van der Waals surface area contributed by atoms with Gasteiger partial charge in [-0.3, -0.25) is 4.98 Å². The van der Waals surface area contributed by atoms with Crippen molar-refractivity contribution in [1.82, 2.24) is 14.1 Å². The summed E-state index contributed by atoms with van der Waals surface area (Å²) in [5.41, 5.74) is 18.0. The number of nitrogens with zero attached hydrogens (tertiary/aromatic N) is 4. The molecule has 0 bridgehead atoms. The number of benzene rings is 7. The van der Waals surface area contributed by atoms with E-state index < -0.39 is 0 Å². The molecule has 0 unspecified atom stereocenters. The molecule has 3 heterocycles. The Labute approximate surface area is 326 Å². The highest BCUT2D eigenvalue weighted by Gasteiger charge is 2.23. The summed E-state index contributed by atoms with van der Waals surface area (Å²) < 4.78 is 4.60. The van der Waals surface area contributed by atoms with Crippen molar-refractivity contribution in [2.45, 2.75) is 27.7 Å². The number of pyridine rings is 1. The third-order valence-corrected chi connectivity index (χ3v) is 11.4. The van der Waals surface area contributed by atoms with Gasteiger partial charge in [0.25, 0.3) is 0 Å². The van der Waals surface area contributed by atoms with Crippen molar-refractivity contribution in [3.8, 4) is 50.8 Å². The average molecular weight is 719 g/mol. The zero-order valence-electron chi connectivity index (χ0n) is 31.8. The van der Waals surface area contributed by atoms with Crippen LogP contribution in [0.15, 0.2) is 158 Å². The molecule has 0 atom stereocenters. The molecule has 0 saturated heterocycles. The maximum atomic E-state index is 11.4. The first-order valence-corrected chi connectivity index (χ1v) is 19.1. The lowest BCUT2D eigenvalue weighted by molar-refractivity contribution is 1.12. The van der Waals surface area contributed by atoms with Crippen LogP contribution in [0.5, 0.6) is 0 Å². The molecule has 10 rings (SSSR count). The van der Waals surface area contributed by atoms with E-state index >= 15 is 0 Å². The molecule has 3 aromatic heterocycles. The largest absolute Gasteiger partial charge is 0.308 e. The summed E-state index contributed by atoms with van der Waals surface area (Å²) in [4.78, 5) is 4.53. The average Bonchev–Trinajstić information content (AvgIpc) is 3.72. The van der Waals surface area contributed by atoms with Crippen molar-refractivity contribution >= 4 is 43.6 Å². The molecule has 0 saturated carbocycles. The van der Waals surface area contributed by atoms with Gasteiger partial charge in [0.15, 0.2) is 0 Å². The minimum atomic E-state index is 0.594. The van der Waals surface area contributed by atoms with Crippen LogP contribution in [0.25, 0.3) is 88.4 Å². The van der Waals surface area contributed by atoms with Gasteiger partial charge in [-0.25, -0.2) is 0 Å². The number of aryl methyl sites for hydroxylation is 4. The Kier molecular flexibility index (Phi) is 7.73. The highest BCUT2D eigenvalue weighted by atomic mass is 15.0. The summed E-state index contributed by atoms with van der Waals surface area (Å²) in [6, 6.07) is 55.0. The summed E-state index contributed by atoms with van der Waals surface area (Å²) in [5.74, 6) is 0. The Hall–Kier alpha value is -7.22. The smallest absolute Gasteiger partial charge is 0.104 e. The highest BCUT2D eigenvalue weighted by molar-refractivity contribution is 6.12. The summed E-state index contributed by atoms with van der Waals surface area (Å²) in [7, 11) is 0. The van der Waals surface area contributed by atoms with Gasteiger partial charge < -0.3 is 9.13 Å². The van der Waals surface area contributed by atoms with Crippen LogP contribution < -0.4 is 0 Å². The monoisotopic (exact) mass is 718 g/mol. The molecule has 0 amide bonds. The molecule has 0 aliphatic rings. The SMILES string of the molecule is Cc1ccc(-c2ccc3c4ccccc4n(-c4cc(-c5cccnc5)cc(-n5c6ccccc6c6ccc(-c7ccc(C)cc7C)cc65)c4C#N)c3c2)c(C)c1. The maximum Gasteiger partial charge on any atom is 0.104 e. The molecule has 4 nitrogen and oxygen atoms in total. The first-order chi connectivity index (χ1) is 27.4. The maximum absolute atomic E-state index is 11.4. The Balaban J connectivity index is 1.33. The van der Waals surface area contributed by atoms with Crippen molar-refractivity contribution in [3.05, 3.63) is 186 Å². The predicted molar refractivity (Wildman–Crippen MR) is 233 cm³/mol. The van der Waals surface area contributed by atoms with Crippen molar-refractivity contribution in [2.75, 3.05) is 0 Å².